The van der Waals surface area contributed by atoms with Crippen LogP contribution in [-0.4, -0.2) is 90.4 Å². The van der Waals surface area contributed by atoms with Crippen LogP contribution in [0.25, 0.3) is 0 Å². The maximum absolute atomic E-state index is 14.9. The van der Waals surface area contributed by atoms with Gasteiger partial charge in [-0.15, -0.1) is 13.2 Å². The minimum absolute atomic E-state index is 0.0448. The van der Waals surface area contributed by atoms with E-state index < -0.39 is 65.6 Å². The minimum Gasteiger partial charge on any atom is -0.455 e. The van der Waals surface area contributed by atoms with E-state index in [2.05, 4.69) is 18.5 Å². The third kappa shape index (κ3) is 7.22. The number of ether oxygens (including phenoxy) is 3. The van der Waals surface area contributed by atoms with Crippen LogP contribution in [0.15, 0.2) is 73.8 Å². The molecule has 3 aliphatic heterocycles. The number of nitrogens with zero attached hydrogens (tertiary/aromatic N) is 2. The van der Waals surface area contributed by atoms with Crippen LogP contribution in [0.1, 0.15) is 56.3 Å². The number of esters is 1. The van der Waals surface area contributed by atoms with Gasteiger partial charge in [-0.1, -0.05) is 73.1 Å². The number of carbonyl (C=O) groups excluding carboxylic acids is 4. The van der Waals surface area contributed by atoms with Crippen molar-refractivity contribution in [1.82, 2.24) is 10.2 Å². The van der Waals surface area contributed by atoms with Crippen molar-refractivity contribution >= 4 is 41.0 Å². The third-order valence-corrected chi connectivity index (χ3v) is 10.7. The molecule has 12 heteroatoms. The highest BCUT2D eigenvalue weighted by Gasteiger charge is 2.75. The molecular formula is C39H48ClN3O8. The van der Waals surface area contributed by atoms with Gasteiger partial charge in [0.1, 0.15) is 17.7 Å². The smallest absolute Gasteiger partial charge is 0.313 e. The summed E-state index contributed by atoms with van der Waals surface area (Å²) in [6, 6.07) is 11.8. The molecule has 11 nitrogen and oxygen atoms in total. The molecule has 0 saturated carbocycles. The Morgan fingerprint density at radius 2 is 1.92 bits per heavy atom. The van der Waals surface area contributed by atoms with Gasteiger partial charge in [-0.25, -0.2) is 0 Å². The van der Waals surface area contributed by atoms with E-state index in [4.69, 9.17) is 25.8 Å². The van der Waals surface area contributed by atoms with E-state index in [1.807, 2.05) is 26.0 Å². The summed E-state index contributed by atoms with van der Waals surface area (Å²) in [5.41, 5.74) is 0.517. The maximum atomic E-state index is 14.9. The molecule has 2 N–H and O–H groups in total. The molecule has 3 fully saturated rings. The van der Waals surface area contributed by atoms with E-state index in [0.29, 0.717) is 42.0 Å². The van der Waals surface area contributed by atoms with Gasteiger partial charge in [0.25, 0.3) is 5.91 Å². The second-order valence-corrected chi connectivity index (χ2v) is 13.8. The van der Waals surface area contributed by atoms with Crippen LogP contribution in [-0.2, 0) is 33.4 Å². The molecule has 0 radical (unpaired) electrons. The molecule has 2 aromatic carbocycles. The molecule has 2 bridgehead atoms. The van der Waals surface area contributed by atoms with Crippen LogP contribution in [0.2, 0.25) is 5.02 Å². The van der Waals surface area contributed by atoms with E-state index in [0.717, 1.165) is 5.56 Å². The van der Waals surface area contributed by atoms with Crippen molar-refractivity contribution in [3.05, 3.63) is 90.0 Å². The van der Waals surface area contributed by atoms with Crippen LogP contribution >= 0.6 is 11.6 Å². The molecule has 0 aliphatic carbocycles. The number of anilines is 1. The topological polar surface area (TPSA) is 135 Å². The first-order chi connectivity index (χ1) is 24.6. The van der Waals surface area contributed by atoms with Crippen LogP contribution in [0.3, 0.4) is 0 Å². The van der Waals surface area contributed by atoms with Gasteiger partial charge in [0.05, 0.1) is 53.9 Å². The summed E-state index contributed by atoms with van der Waals surface area (Å²) in [6.07, 6.45) is 3.38. The van der Waals surface area contributed by atoms with Gasteiger partial charge in [0.15, 0.2) is 0 Å². The molecule has 3 aliphatic rings. The standard InChI is InChI=1S/C39H48ClN3O8/c1-6-9-18-30(45)41-28(23-49-5)34(25-15-11-10-12-16-25)50-38(48)31-29-19-20-39(51-29)32(31)36(46)43(26(8-3)22-44)35(39)37(47)42(21-7-2)33-24(4)14-13-17-27(33)40/h6-7,10-17,26,28-29,31-32,34-35,44H,1-2,8-9,18-23H2,3-5H3,(H,41,45)/t26-,28-,29+,31-,32-,34-,35+,39-/m0/s1. The molecule has 51 heavy (non-hydrogen) atoms. The molecule has 0 aromatic heterocycles. The number of fused-ring (bicyclic) bond motifs is 1. The van der Waals surface area contributed by atoms with Crippen LogP contribution < -0.4 is 10.2 Å². The number of aliphatic hydroxyl groups excluding tert-OH is 1. The van der Waals surface area contributed by atoms with Crippen molar-refractivity contribution in [3.63, 3.8) is 0 Å². The highest BCUT2D eigenvalue weighted by molar-refractivity contribution is 6.34. The molecule has 1 spiro atoms. The fraction of sp³-hybridized carbons (Fsp3) is 0.487. The monoisotopic (exact) mass is 721 g/mol. The Balaban J connectivity index is 1.54. The summed E-state index contributed by atoms with van der Waals surface area (Å²) in [4.78, 5) is 59.9. The maximum Gasteiger partial charge on any atom is 0.313 e. The van der Waals surface area contributed by atoms with Crippen molar-refractivity contribution in [1.29, 1.82) is 0 Å². The molecule has 0 unspecified atom stereocenters. The van der Waals surface area contributed by atoms with Crippen molar-refractivity contribution in [2.45, 2.75) is 81.9 Å². The van der Waals surface area contributed by atoms with Crippen LogP contribution in [0.5, 0.6) is 0 Å². The number of hydrogen-bond acceptors (Lipinski definition) is 8. The summed E-state index contributed by atoms with van der Waals surface area (Å²) in [5.74, 6) is -3.90. The molecular weight excluding hydrogens is 674 g/mol. The van der Waals surface area contributed by atoms with Crippen molar-refractivity contribution < 1.29 is 38.5 Å². The Hall–Kier alpha value is -4.03. The number of amides is 3. The number of nitrogens with one attached hydrogen (secondary N) is 1. The quantitative estimate of drug-likeness (QED) is 0.178. The summed E-state index contributed by atoms with van der Waals surface area (Å²) in [6.45, 7) is 11.0. The first-order valence-corrected chi connectivity index (χ1v) is 17.9. The SMILES string of the molecule is C=CCCC(=O)N[C@@H](COC)[C@@H](OC(=O)[C@@H]1[C@H]2C(=O)N([C@@H](CC)CO)[C@H](C(=O)N(CC=C)c3c(C)cccc3Cl)[C@]23CC[C@H]1O3)c1ccccc1. The van der Waals surface area contributed by atoms with Crippen molar-refractivity contribution in [2.75, 3.05) is 31.8 Å². The molecule has 2 aromatic rings. The summed E-state index contributed by atoms with van der Waals surface area (Å²) in [7, 11) is 1.49. The average molecular weight is 722 g/mol. The highest BCUT2D eigenvalue weighted by atomic mass is 35.5. The Bertz CT molecular complexity index is 1600. The third-order valence-electron chi connectivity index (χ3n) is 10.4. The van der Waals surface area contributed by atoms with E-state index in [1.165, 1.54) is 16.9 Å². The van der Waals surface area contributed by atoms with Gasteiger partial charge < -0.3 is 34.4 Å². The predicted molar refractivity (Wildman–Crippen MR) is 193 cm³/mol. The lowest BCUT2D eigenvalue weighted by Gasteiger charge is -2.39. The number of aryl methyl sites for hydroxylation is 1. The van der Waals surface area contributed by atoms with Crippen LogP contribution in [0.4, 0.5) is 5.69 Å². The number of methoxy groups -OCH3 is 1. The summed E-state index contributed by atoms with van der Waals surface area (Å²) >= 11 is 6.67. The Morgan fingerprint density at radius 1 is 1.18 bits per heavy atom. The van der Waals surface area contributed by atoms with E-state index in [1.54, 1.807) is 48.6 Å². The molecule has 5 rings (SSSR count). The number of halogens is 1. The minimum atomic E-state index is -1.35. The number of hydrogen-bond donors (Lipinski definition) is 2. The normalized spacial score (nSPS) is 25.1. The molecule has 8 atom stereocenters. The second kappa shape index (κ2) is 16.5. The first kappa shape index (κ1) is 38.2. The lowest BCUT2D eigenvalue weighted by Crippen LogP contribution is -2.59. The van der Waals surface area contributed by atoms with Gasteiger partial charge in [0.2, 0.25) is 11.8 Å². The molecule has 274 valence electrons. The number of carbonyl (C=O) groups is 4. The Labute approximate surface area is 304 Å². The van der Waals surface area contributed by atoms with Crippen LogP contribution in [0, 0.1) is 18.8 Å². The number of aliphatic hydroxyl groups is 1. The Morgan fingerprint density at radius 3 is 2.55 bits per heavy atom. The second-order valence-electron chi connectivity index (χ2n) is 13.4. The number of allylic oxidation sites excluding steroid dienone is 1. The lowest BCUT2D eigenvalue weighted by molar-refractivity contribution is -0.163. The molecule has 3 saturated heterocycles. The van der Waals surface area contributed by atoms with E-state index >= 15 is 0 Å². The molecule has 3 heterocycles. The number of likely N-dealkylation sites (tertiary alicyclic amines) is 1. The van der Waals surface area contributed by atoms with E-state index in [9.17, 15) is 24.3 Å². The fourth-order valence-electron chi connectivity index (χ4n) is 8.10. The average Bonchev–Trinajstić information content (AvgIpc) is 3.77. The zero-order chi connectivity index (χ0) is 36.9. The van der Waals surface area contributed by atoms with Crippen molar-refractivity contribution in [3.8, 4) is 0 Å². The predicted octanol–water partition coefficient (Wildman–Crippen LogP) is 4.69. The zero-order valence-corrected chi connectivity index (χ0v) is 30.2. The van der Waals surface area contributed by atoms with Gasteiger partial charge in [-0.3, -0.25) is 19.2 Å². The number of rotatable bonds is 17. The van der Waals surface area contributed by atoms with Gasteiger partial charge >= 0.3 is 5.97 Å². The summed E-state index contributed by atoms with van der Waals surface area (Å²) in [5, 5.41) is 13.8. The van der Waals surface area contributed by atoms with Crippen molar-refractivity contribution in [2.24, 2.45) is 11.8 Å². The van der Waals surface area contributed by atoms with Gasteiger partial charge in [0, 0.05) is 20.1 Å². The highest BCUT2D eigenvalue weighted by Crippen LogP contribution is 2.59. The zero-order valence-electron chi connectivity index (χ0n) is 29.5. The number of benzene rings is 2. The fourth-order valence-corrected chi connectivity index (χ4v) is 8.43. The molecule has 3 amide bonds. The number of para-hydroxylation sites is 1. The largest absolute Gasteiger partial charge is 0.455 e. The van der Waals surface area contributed by atoms with Gasteiger partial charge in [-0.2, -0.15) is 0 Å². The first-order valence-electron chi connectivity index (χ1n) is 17.5. The van der Waals surface area contributed by atoms with Gasteiger partial charge in [-0.05, 0) is 49.8 Å². The Kier molecular flexibility index (Phi) is 12.4. The summed E-state index contributed by atoms with van der Waals surface area (Å²) < 4.78 is 18.4. The lowest BCUT2D eigenvalue weighted by atomic mass is 9.70. The van der Waals surface area contributed by atoms with E-state index in [-0.39, 0.29) is 32.1 Å².